The van der Waals surface area contributed by atoms with E-state index in [0.29, 0.717) is 6.54 Å². The van der Waals surface area contributed by atoms with Gasteiger partial charge in [0.05, 0.1) is 12.1 Å². The van der Waals surface area contributed by atoms with Crippen molar-refractivity contribution in [3.05, 3.63) is 84.2 Å². The van der Waals surface area contributed by atoms with Crippen LogP contribution in [-0.2, 0) is 0 Å². The van der Waals surface area contributed by atoms with Gasteiger partial charge in [0.2, 0.25) is 0 Å². The Balaban J connectivity index is 1.48. The molecular formula is C21H24N2O. The number of likely N-dealkylation sites (tertiary alicyclic amines) is 1. The van der Waals surface area contributed by atoms with Crippen molar-refractivity contribution in [3.63, 3.8) is 0 Å². The first-order valence-electron chi connectivity index (χ1n) is 8.44. The maximum absolute atomic E-state index is 10.4. The maximum atomic E-state index is 10.4. The van der Waals surface area contributed by atoms with Gasteiger partial charge in [0.15, 0.2) is 0 Å². The molecule has 1 heterocycles. The lowest BCUT2D eigenvalue weighted by atomic mass is 10.0. The van der Waals surface area contributed by atoms with E-state index in [2.05, 4.69) is 46.8 Å². The van der Waals surface area contributed by atoms with Crippen molar-refractivity contribution in [2.75, 3.05) is 13.1 Å². The Morgan fingerprint density at radius 2 is 1.54 bits per heavy atom. The first-order valence-corrected chi connectivity index (χ1v) is 8.44. The zero-order chi connectivity index (χ0) is 16.6. The molecule has 0 aliphatic carbocycles. The Kier molecular flexibility index (Phi) is 5.70. The van der Waals surface area contributed by atoms with Gasteiger partial charge in [-0.25, -0.2) is 0 Å². The highest BCUT2D eigenvalue weighted by atomic mass is 16.3. The van der Waals surface area contributed by atoms with Crippen molar-refractivity contribution in [2.45, 2.75) is 18.6 Å². The molecule has 0 amide bonds. The zero-order valence-corrected chi connectivity index (χ0v) is 13.8. The van der Waals surface area contributed by atoms with E-state index in [1.165, 1.54) is 5.56 Å². The number of aliphatic hydroxyl groups is 1. The highest BCUT2D eigenvalue weighted by Gasteiger charge is 2.25. The van der Waals surface area contributed by atoms with Crippen LogP contribution < -0.4 is 5.32 Å². The minimum atomic E-state index is -0.375. The van der Waals surface area contributed by atoms with E-state index in [4.69, 9.17) is 0 Å². The molecule has 2 atom stereocenters. The molecule has 2 unspecified atom stereocenters. The molecule has 3 nitrogen and oxygen atoms in total. The number of aliphatic hydroxyl groups excluding tert-OH is 1. The third-order valence-electron chi connectivity index (χ3n) is 4.28. The summed E-state index contributed by atoms with van der Waals surface area (Å²) in [6.07, 6.45) is 8.69. The number of nitrogens with zero attached hydrogens (tertiary/aromatic N) is 1. The summed E-state index contributed by atoms with van der Waals surface area (Å²) in [4.78, 5) is 2.18. The van der Waals surface area contributed by atoms with Crippen LogP contribution in [0.15, 0.2) is 73.1 Å². The van der Waals surface area contributed by atoms with Gasteiger partial charge in [-0.1, -0.05) is 60.7 Å². The standard InChI is InChI=1S/C21H24N2O/c24-21-17-23(15-12-19-9-5-2-6-10-19)16-13-20(21)22-14-11-18-7-3-1-4-8-18/h1-12,14-15,20-22,24H,13,16-17H2. The fourth-order valence-electron chi connectivity index (χ4n) is 2.87. The van der Waals surface area contributed by atoms with E-state index in [-0.39, 0.29) is 12.1 Å². The topological polar surface area (TPSA) is 35.5 Å². The van der Waals surface area contributed by atoms with Crippen LogP contribution >= 0.6 is 0 Å². The first-order chi connectivity index (χ1) is 11.8. The van der Waals surface area contributed by atoms with E-state index in [9.17, 15) is 5.11 Å². The number of rotatable bonds is 5. The second-order valence-electron chi connectivity index (χ2n) is 6.09. The van der Waals surface area contributed by atoms with Crippen LogP contribution in [0.25, 0.3) is 12.2 Å². The lowest BCUT2D eigenvalue weighted by molar-refractivity contribution is 0.0658. The average molecular weight is 320 g/mol. The van der Waals surface area contributed by atoms with Crippen LogP contribution in [0.3, 0.4) is 0 Å². The number of hydrogen-bond acceptors (Lipinski definition) is 3. The van der Waals surface area contributed by atoms with Crippen molar-refractivity contribution >= 4 is 12.2 Å². The molecule has 124 valence electrons. The maximum Gasteiger partial charge on any atom is 0.0915 e. The monoisotopic (exact) mass is 320 g/mol. The van der Waals surface area contributed by atoms with E-state index < -0.39 is 0 Å². The van der Waals surface area contributed by atoms with Gasteiger partial charge in [-0.05, 0) is 42.1 Å². The highest BCUT2D eigenvalue weighted by molar-refractivity contribution is 5.49. The van der Waals surface area contributed by atoms with Gasteiger partial charge in [0.25, 0.3) is 0 Å². The normalized spacial score (nSPS) is 21.5. The van der Waals surface area contributed by atoms with Gasteiger partial charge in [-0.2, -0.15) is 0 Å². The largest absolute Gasteiger partial charge is 0.389 e. The fraction of sp³-hybridized carbons (Fsp3) is 0.238. The van der Waals surface area contributed by atoms with Gasteiger partial charge in [0, 0.05) is 13.1 Å². The van der Waals surface area contributed by atoms with E-state index >= 15 is 0 Å². The smallest absolute Gasteiger partial charge is 0.0915 e. The fourth-order valence-corrected chi connectivity index (χ4v) is 2.87. The Hall–Kier alpha value is -2.52. The van der Waals surface area contributed by atoms with E-state index in [1.54, 1.807) is 0 Å². The molecule has 1 saturated heterocycles. The predicted octanol–water partition coefficient (Wildman–Crippen LogP) is 3.35. The van der Waals surface area contributed by atoms with Crippen molar-refractivity contribution in [1.29, 1.82) is 0 Å². The number of β-amino-alcohol motifs (C(OH)–C–C–N with tert-alkyl or cyclic N) is 1. The molecule has 0 saturated carbocycles. The number of benzene rings is 2. The van der Waals surface area contributed by atoms with E-state index in [1.807, 2.05) is 48.7 Å². The molecular weight excluding hydrogens is 296 g/mol. The molecule has 3 heteroatoms. The van der Waals surface area contributed by atoms with Crippen LogP contribution in [0.1, 0.15) is 17.5 Å². The molecule has 2 aromatic carbocycles. The van der Waals surface area contributed by atoms with Crippen molar-refractivity contribution in [3.8, 4) is 0 Å². The van der Waals surface area contributed by atoms with Crippen molar-refractivity contribution in [2.24, 2.45) is 0 Å². The van der Waals surface area contributed by atoms with Crippen LogP contribution in [0.5, 0.6) is 0 Å². The zero-order valence-electron chi connectivity index (χ0n) is 13.8. The summed E-state index contributed by atoms with van der Waals surface area (Å²) in [7, 11) is 0. The van der Waals surface area contributed by atoms with Gasteiger partial charge < -0.3 is 15.3 Å². The Bertz CT molecular complexity index is 667. The molecule has 24 heavy (non-hydrogen) atoms. The molecule has 0 radical (unpaired) electrons. The SMILES string of the molecule is OC1CN(C=Cc2ccccc2)CCC1NC=Cc1ccccc1. The van der Waals surface area contributed by atoms with Crippen LogP contribution in [0.2, 0.25) is 0 Å². The summed E-state index contributed by atoms with van der Waals surface area (Å²) >= 11 is 0. The number of hydrogen-bond donors (Lipinski definition) is 2. The predicted molar refractivity (Wildman–Crippen MR) is 100 cm³/mol. The lowest BCUT2D eigenvalue weighted by Gasteiger charge is -2.35. The second kappa shape index (κ2) is 8.37. The molecule has 2 N–H and O–H groups in total. The summed E-state index contributed by atoms with van der Waals surface area (Å²) in [6, 6.07) is 20.5. The summed E-state index contributed by atoms with van der Waals surface area (Å²) in [5.74, 6) is 0. The highest BCUT2D eigenvalue weighted by Crippen LogP contribution is 2.13. The quantitative estimate of drug-likeness (QED) is 0.887. The molecule has 0 spiro atoms. The third-order valence-corrected chi connectivity index (χ3v) is 4.28. The third kappa shape index (κ3) is 4.74. The van der Waals surface area contributed by atoms with Gasteiger partial charge in [-0.3, -0.25) is 0 Å². The number of piperidine rings is 1. The minimum absolute atomic E-state index is 0.103. The molecule has 2 aromatic rings. The lowest BCUT2D eigenvalue weighted by Crippen LogP contribution is -2.49. The Morgan fingerprint density at radius 3 is 2.17 bits per heavy atom. The van der Waals surface area contributed by atoms with Crippen LogP contribution in [-0.4, -0.2) is 35.2 Å². The molecule has 0 bridgehead atoms. The molecule has 1 fully saturated rings. The van der Waals surface area contributed by atoms with Crippen molar-refractivity contribution in [1.82, 2.24) is 10.2 Å². The van der Waals surface area contributed by atoms with Gasteiger partial charge in [0.1, 0.15) is 0 Å². The minimum Gasteiger partial charge on any atom is -0.389 e. The molecule has 1 aliphatic rings. The van der Waals surface area contributed by atoms with Crippen molar-refractivity contribution < 1.29 is 5.11 Å². The summed E-state index contributed by atoms with van der Waals surface area (Å²) in [5, 5.41) is 13.7. The summed E-state index contributed by atoms with van der Waals surface area (Å²) in [5.41, 5.74) is 2.33. The number of nitrogens with one attached hydrogen (secondary N) is 1. The summed E-state index contributed by atoms with van der Waals surface area (Å²) in [6.45, 7) is 1.59. The molecule has 1 aliphatic heterocycles. The first kappa shape index (κ1) is 16.3. The molecule has 3 rings (SSSR count). The Labute approximate surface area is 143 Å². The van der Waals surface area contributed by atoms with E-state index in [0.717, 1.165) is 18.5 Å². The van der Waals surface area contributed by atoms with Crippen LogP contribution in [0.4, 0.5) is 0 Å². The van der Waals surface area contributed by atoms with Gasteiger partial charge >= 0.3 is 0 Å². The Morgan fingerprint density at radius 1 is 0.917 bits per heavy atom. The second-order valence-corrected chi connectivity index (χ2v) is 6.09. The van der Waals surface area contributed by atoms with Gasteiger partial charge in [-0.15, -0.1) is 0 Å². The summed E-state index contributed by atoms with van der Waals surface area (Å²) < 4.78 is 0. The average Bonchev–Trinajstić information content (AvgIpc) is 2.63. The molecule has 0 aromatic heterocycles. The van der Waals surface area contributed by atoms with Crippen LogP contribution in [0, 0.1) is 0 Å².